The second kappa shape index (κ2) is 6.34. The van der Waals surface area contributed by atoms with Crippen LogP contribution in [0.15, 0.2) is 29.3 Å². The molecule has 1 rings (SSSR count). The quantitative estimate of drug-likeness (QED) is 0.576. The summed E-state index contributed by atoms with van der Waals surface area (Å²) in [6.45, 7) is 15.8. The van der Waals surface area contributed by atoms with Crippen LogP contribution in [0, 0.1) is 11.5 Å². The van der Waals surface area contributed by atoms with E-state index in [1.165, 1.54) is 0 Å². The molecule has 1 aliphatic heterocycles. The highest BCUT2D eigenvalue weighted by Gasteiger charge is 2.43. The topological polar surface area (TPSA) is 42.6 Å². The molecule has 1 heterocycles. The van der Waals surface area contributed by atoms with Crippen molar-refractivity contribution in [3.63, 3.8) is 0 Å². The third-order valence-corrected chi connectivity index (χ3v) is 3.48. The minimum Gasteiger partial charge on any atom is -0.335 e. The molecule has 0 N–H and O–H groups in total. The maximum absolute atomic E-state index is 9.07. The first kappa shape index (κ1) is 17.3. The lowest BCUT2D eigenvalue weighted by Gasteiger charge is -2.39. The molecule has 0 aromatic carbocycles. The van der Waals surface area contributed by atoms with Gasteiger partial charge in [-0.15, -0.1) is 4.99 Å². The number of guanidine groups is 1. The van der Waals surface area contributed by atoms with Gasteiger partial charge in [-0.05, 0) is 48.5 Å². The molecule has 0 aliphatic carbocycles. The number of allylic oxidation sites excluding steroid dienone is 3. The molecule has 4 heteroatoms. The molecule has 1 saturated heterocycles. The largest absolute Gasteiger partial charge is 0.335 e. The van der Waals surface area contributed by atoms with Gasteiger partial charge >= 0.3 is 0 Å². The van der Waals surface area contributed by atoms with Crippen molar-refractivity contribution in [1.29, 1.82) is 5.26 Å². The van der Waals surface area contributed by atoms with Crippen molar-refractivity contribution in [2.24, 2.45) is 4.99 Å². The summed E-state index contributed by atoms with van der Waals surface area (Å²) in [4.78, 5) is 8.57. The maximum atomic E-state index is 9.07. The van der Waals surface area contributed by atoms with Crippen LogP contribution in [-0.4, -0.2) is 39.4 Å². The minimum absolute atomic E-state index is 0.0671. The number of aliphatic imine (C=N–C) groups is 1. The Balaban J connectivity index is 3.28. The van der Waals surface area contributed by atoms with Crippen LogP contribution in [0.5, 0.6) is 0 Å². The maximum Gasteiger partial charge on any atom is 0.214 e. The Morgan fingerprint density at radius 3 is 2.19 bits per heavy atom. The molecule has 1 aliphatic rings. The molecular weight excluding hydrogens is 260 g/mol. The van der Waals surface area contributed by atoms with E-state index in [4.69, 9.17) is 5.26 Å². The second-order valence-electron chi connectivity index (χ2n) is 7.31. The van der Waals surface area contributed by atoms with Crippen molar-refractivity contribution < 1.29 is 0 Å². The van der Waals surface area contributed by atoms with Crippen LogP contribution in [0.3, 0.4) is 0 Å². The Bertz CT molecular complexity index is 480. The SMILES string of the molecule is C/C=C/C=C/C1CN(C(C)(C)C)C(=NC#N)N1C(C)(C)C. The summed E-state index contributed by atoms with van der Waals surface area (Å²) in [7, 11) is 0. The van der Waals surface area contributed by atoms with Gasteiger partial charge in [0.2, 0.25) is 12.2 Å². The van der Waals surface area contributed by atoms with E-state index in [-0.39, 0.29) is 17.1 Å². The summed E-state index contributed by atoms with van der Waals surface area (Å²) in [6, 6.07) is 0.215. The number of rotatable bonds is 2. The van der Waals surface area contributed by atoms with Gasteiger partial charge in [0, 0.05) is 17.6 Å². The lowest BCUT2D eigenvalue weighted by Crippen LogP contribution is -2.50. The third kappa shape index (κ3) is 4.10. The van der Waals surface area contributed by atoms with Gasteiger partial charge < -0.3 is 9.80 Å². The van der Waals surface area contributed by atoms with Gasteiger partial charge in [-0.2, -0.15) is 5.26 Å². The van der Waals surface area contributed by atoms with Crippen LogP contribution < -0.4 is 0 Å². The number of hydrogen-bond donors (Lipinski definition) is 0. The van der Waals surface area contributed by atoms with Crippen LogP contribution in [-0.2, 0) is 0 Å². The summed E-state index contributed by atoms with van der Waals surface area (Å²) in [5, 5.41) is 9.07. The molecule has 0 amide bonds. The summed E-state index contributed by atoms with van der Waals surface area (Å²) in [5.41, 5.74) is -0.164. The van der Waals surface area contributed by atoms with Crippen molar-refractivity contribution in [3.8, 4) is 6.19 Å². The first-order chi connectivity index (χ1) is 9.62. The van der Waals surface area contributed by atoms with Crippen molar-refractivity contribution >= 4 is 5.96 Å². The number of hydrogen-bond acceptors (Lipinski definition) is 2. The van der Waals surface area contributed by atoms with Crippen LogP contribution in [0.4, 0.5) is 0 Å². The first-order valence-corrected chi connectivity index (χ1v) is 7.46. The van der Waals surface area contributed by atoms with E-state index in [2.05, 4.69) is 68.5 Å². The molecule has 116 valence electrons. The van der Waals surface area contributed by atoms with Crippen molar-refractivity contribution in [2.75, 3.05) is 6.54 Å². The van der Waals surface area contributed by atoms with E-state index in [0.717, 1.165) is 12.5 Å². The van der Waals surface area contributed by atoms with Gasteiger partial charge in [0.1, 0.15) is 0 Å². The Kier molecular flexibility index (Phi) is 5.22. The Labute approximate surface area is 129 Å². The monoisotopic (exact) mass is 288 g/mol. The average Bonchev–Trinajstić information content (AvgIpc) is 2.68. The molecule has 21 heavy (non-hydrogen) atoms. The normalized spacial score (nSPS) is 22.8. The zero-order chi connectivity index (χ0) is 16.3. The van der Waals surface area contributed by atoms with Crippen LogP contribution in [0.2, 0.25) is 0 Å². The fourth-order valence-corrected chi connectivity index (χ4v) is 2.61. The van der Waals surface area contributed by atoms with Gasteiger partial charge in [0.25, 0.3) is 0 Å². The molecule has 0 aromatic heterocycles. The highest BCUT2D eigenvalue weighted by Crippen LogP contribution is 2.31. The van der Waals surface area contributed by atoms with Crippen molar-refractivity contribution in [2.45, 2.75) is 65.6 Å². The molecular formula is C17H28N4. The molecule has 1 fully saturated rings. The molecule has 1 unspecified atom stereocenters. The van der Waals surface area contributed by atoms with E-state index < -0.39 is 0 Å². The molecule has 4 nitrogen and oxygen atoms in total. The Morgan fingerprint density at radius 2 is 1.76 bits per heavy atom. The summed E-state index contributed by atoms with van der Waals surface area (Å²) in [6.07, 6.45) is 10.3. The predicted octanol–water partition coefficient (Wildman–Crippen LogP) is 3.54. The predicted molar refractivity (Wildman–Crippen MR) is 88.8 cm³/mol. The lowest BCUT2D eigenvalue weighted by atomic mass is 10.0. The van der Waals surface area contributed by atoms with Crippen LogP contribution >= 0.6 is 0 Å². The lowest BCUT2D eigenvalue weighted by molar-refractivity contribution is 0.224. The Hall–Kier alpha value is -1.76. The molecule has 0 bridgehead atoms. The highest BCUT2D eigenvalue weighted by molar-refractivity contribution is 5.85. The average molecular weight is 288 g/mol. The molecule has 0 radical (unpaired) electrons. The summed E-state index contributed by atoms with van der Waals surface area (Å²) >= 11 is 0. The zero-order valence-corrected chi connectivity index (χ0v) is 14.4. The zero-order valence-electron chi connectivity index (χ0n) is 14.4. The fraction of sp³-hybridized carbons (Fsp3) is 0.647. The van der Waals surface area contributed by atoms with Crippen LogP contribution in [0.1, 0.15) is 48.5 Å². The second-order valence-corrected chi connectivity index (χ2v) is 7.31. The molecule has 1 atom stereocenters. The van der Waals surface area contributed by atoms with Gasteiger partial charge in [0.15, 0.2) is 0 Å². The van der Waals surface area contributed by atoms with Gasteiger partial charge in [-0.1, -0.05) is 24.3 Å². The van der Waals surface area contributed by atoms with E-state index in [0.29, 0.717) is 0 Å². The number of nitrogens with zero attached hydrogens (tertiary/aromatic N) is 4. The van der Waals surface area contributed by atoms with E-state index in [1.54, 1.807) is 0 Å². The van der Waals surface area contributed by atoms with Crippen molar-refractivity contribution in [3.05, 3.63) is 24.3 Å². The Morgan fingerprint density at radius 1 is 1.14 bits per heavy atom. The summed E-state index contributed by atoms with van der Waals surface area (Å²) in [5.74, 6) is 0.771. The number of nitriles is 1. The van der Waals surface area contributed by atoms with E-state index in [1.807, 2.05) is 25.3 Å². The van der Waals surface area contributed by atoms with Gasteiger partial charge in [-0.25, -0.2) is 0 Å². The first-order valence-electron chi connectivity index (χ1n) is 7.46. The van der Waals surface area contributed by atoms with E-state index in [9.17, 15) is 0 Å². The fourth-order valence-electron chi connectivity index (χ4n) is 2.61. The van der Waals surface area contributed by atoms with Crippen LogP contribution in [0.25, 0.3) is 0 Å². The van der Waals surface area contributed by atoms with E-state index >= 15 is 0 Å². The minimum atomic E-state index is -0.0966. The standard InChI is InChI=1S/C17H28N4/c1-8-9-10-11-14-12-20(16(2,3)4)15(19-13-18)21(14)17(5,6)7/h8-11,14H,12H2,1-7H3/b9-8+,11-10+,19-15?. The highest BCUT2D eigenvalue weighted by atomic mass is 15.5. The van der Waals surface area contributed by atoms with Gasteiger partial charge in [0.05, 0.1) is 6.04 Å². The van der Waals surface area contributed by atoms with Gasteiger partial charge in [-0.3, -0.25) is 0 Å². The third-order valence-electron chi connectivity index (χ3n) is 3.48. The molecule has 0 saturated carbocycles. The molecule has 0 aromatic rings. The van der Waals surface area contributed by atoms with Crippen molar-refractivity contribution in [1.82, 2.24) is 9.80 Å². The smallest absolute Gasteiger partial charge is 0.214 e. The summed E-state index contributed by atoms with van der Waals surface area (Å²) < 4.78 is 0. The molecule has 0 spiro atoms.